The standard InChI is InChI=1S/C25H33N5O5/c1-16-12-20(29(13-16)24(32)35-25(2,3)4)22-27-26-21(34-22)19-11-10-18-14-28(19)23(31)30(18)33-15-17-8-6-5-7-9-17/h5-9,16,18-20H,10-15H2,1-4H3/t16-,18+,19-,20+/m0/s1. The Hall–Kier alpha value is -3.14. The van der Waals surface area contributed by atoms with E-state index in [9.17, 15) is 9.59 Å². The molecule has 10 heteroatoms. The Bertz CT molecular complexity index is 1070. The maximum Gasteiger partial charge on any atom is 0.410 e. The van der Waals surface area contributed by atoms with Crippen LogP contribution in [0.5, 0.6) is 0 Å². The highest BCUT2D eigenvalue weighted by Gasteiger charge is 2.48. The molecule has 0 N–H and O–H groups in total. The van der Waals surface area contributed by atoms with Crippen LogP contribution in [0.2, 0.25) is 0 Å². The first-order valence-electron chi connectivity index (χ1n) is 12.3. The Morgan fingerprint density at radius 2 is 1.80 bits per heavy atom. The lowest BCUT2D eigenvalue weighted by molar-refractivity contribution is -0.140. The number of hydrogen-bond acceptors (Lipinski definition) is 7. The van der Waals surface area contributed by atoms with E-state index in [0.717, 1.165) is 18.4 Å². The van der Waals surface area contributed by atoms with E-state index < -0.39 is 5.60 Å². The van der Waals surface area contributed by atoms with E-state index in [2.05, 4.69) is 17.1 Å². The van der Waals surface area contributed by atoms with Gasteiger partial charge in [0.2, 0.25) is 11.8 Å². The van der Waals surface area contributed by atoms with Crippen molar-refractivity contribution in [3.05, 3.63) is 47.7 Å². The molecule has 188 valence electrons. The fourth-order valence-corrected chi connectivity index (χ4v) is 5.09. The van der Waals surface area contributed by atoms with Gasteiger partial charge in [0, 0.05) is 13.1 Å². The minimum absolute atomic E-state index is 0.00296. The Morgan fingerprint density at radius 3 is 2.51 bits per heavy atom. The first-order valence-corrected chi connectivity index (χ1v) is 12.3. The van der Waals surface area contributed by atoms with E-state index in [-0.39, 0.29) is 36.2 Å². The summed E-state index contributed by atoms with van der Waals surface area (Å²) in [4.78, 5) is 35.2. The number of nitrogens with zero attached hydrogens (tertiary/aromatic N) is 5. The van der Waals surface area contributed by atoms with Crippen molar-refractivity contribution in [2.75, 3.05) is 13.1 Å². The molecule has 5 rings (SSSR count). The Kier molecular flexibility index (Phi) is 6.16. The van der Waals surface area contributed by atoms with E-state index in [1.54, 1.807) is 9.80 Å². The molecule has 3 saturated heterocycles. The highest BCUT2D eigenvalue weighted by molar-refractivity contribution is 5.77. The van der Waals surface area contributed by atoms with Crippen molar-refractivity contribution in [2.24, 2.45) is 5.92 Å². The van der Waals surface area contributed by atoms with Gasteiger partial charge >= 0.3 is 12.1 Å². The lowest BCUT2D eigenvalue weighted by Gasteiger charge is -2.28. The molecule has 0 aliphatic carbocycles. The van der Waals surface area contributed by atoms with Crippen LogP contribution in [0.1, 0.15) is 76.4 Å². The van der Waals surface area contributed by atoms with Crippen molar-refractivity contribution in [2.45, 2.75) is 77.3 Å². The predicted octanol–water partition coefficient (Wildman–Crippen LogP) is 4.46. The van der Waals surface area contributed by atoms with Gasteiger partial charge in [-0.15, -0.1) is 10.2 Å². The molecule has 35 heavy (non-hydrogen) atoms. The summed E-state index contributed by atoms with van der Waals surface area (Å²) >= 11 is 0. The summed E-state index contributed by atoms with van der Waals surface area (Å²) in [6.45, 7) is 9.10. The lowest BCUT2D eigenvalue weighted by atomic mass is 10.0. The Morgan fingerprint density at radius 1 is 1.09 bits per heavy atom. The molecule has 2 bridgehead atoms. The highest BCUT2D eigenvalue weighted by atomic mass is 16.7. The largest absolute Gasteiger partial charge is 0.444 e. The lowest BCUT2D eigenvalue weighted by Crippen LogP contribution is -2.36. The number of fused-ring (bicyclic) bond motifs is 2. The van der Waals surface area contributed by atoms with Gasteiger partial charge in [-0.25, -0.2) is 9.59 Å². The first kappa shape index (κ1) is 23.6. The fraction of sp³-hybridized carbons (Fsp3) is 0.600. The summed E-state index contributed by atoms with van der Waals surface area (Å²) in [6, 6.07) is 8.97. The fourth-order valence-electron chi connectivity index (χ4n) is 5.09. The molecule has 10 nitrogen and oxygen atoms in total. The summed E-state index contributed by atoms with van der Waals surface area (Å²) in [6.07, 6.45) is 1.83. The summed E-state index contributed by atoms with van der Waals surface area (Å²) in [5, 5.41) is 10.1. The number of hydrogen-bond donors (Lipinski definition) is 0. The zero-order valence-corrected chi connectivity index (χ0v) is 20.7. The van der Waals surface area contributed by atoms with E-state index in [4.69, 9.17) is 14.0 Å². The molecule has 4 atom stereocenters. The maximum atomic E-state index is 13.1. The first-order chi connectivity index (χ1) is 16.7. The van der Waals surface area contributed by atoms with Crippen molar-refractivity contribution in [3.63, 3.8) is 0 Å². The number of urea groups is 1. The van der Waals surface area contributed by atoms with Gasteiger partial charge in [-0.2, -0.15) is 5.06 Å². The molecule has 4 heterocycles. The minimum atomic E-state index is -0.587. The smallest absolute Gasteiger partial charge is 0.410 e. The summed E-state index contributed by atoms with van der Waals surface area (Å²) in [5.74, 6) is 1.08. The third kappa shape index (κ3) is 4.84. The number of ether oxygens (including phenoxy) is 1. The Balaban J connectivity index is 1.27. The second-order valence-electron chi connectivity index (χ2n) is 10.7. The van der Waals surface area contributed by atoms with Crippen molar-refractivity contribution in [3.8, 4) is 0 Å². The van der Waals surface area contributed by atoms with Gasteiger partial charge in [0.1, 0.15) is 24.3 Å². The average Bonchev–Trinajstić information content (AvgIpc) is 3.50. The molecule has 1 aromatic carbocycles. The van der Waals surface area contributed by atoms with Crippen LogP contribution >= 0.6 is 0 Å². The minimum Gasteiger partial charge on any atom is -0.444 e. The van der Waals surface area contributed by atoms with Crippen LogP contribution in [0.4, 0.5) is 9.59 Å². The van der Waals surface area contributed by atoms with Crippen LogP contribution in [-0.4, -0.2) is 61.9 Å². The van der Waals surface area contributed by atoms with Crippen LogP contribution in [0.15, 0.2) is 34.7 Å². The third-order valence-electron chi connectivity index (χ3n) is 6.70. The Labute approximate surface area is 205 Å². The number of benzene rings is 1. The van der Waals surface area contributed by atoms with Gasteiger partial charge in [0.15, 0.2) is 0 Å². The van der Waals surface area contributed by atoms with Gasteiger partial charge in [-0.1, -0.05) is 37.3 Å². The van der Waals surface area contributed by atoms with Gasteiger partial charge in [-0.3, -0.25) is 9.74 Å². The van der Waals surface area contributed by atoms with E-state index in [0.29, 0.717) is 37.9 Å². The average molecular weight is 484 g/mol. The zero-order chi connectivity index (χ0) is 24.7. The number of rotatable bonds is 5. The van der Waals surface area contributed by atoms with Crippen LogP contribution in [0, 0.1) is 5.92 Å². The van der Waals surface area contributed by atoms with E-state index in [1.807, 2.05) is 51.1 Å². The molecule has 0 saturated carbocycles. The number of likely N-dealkylation sites (tertiary alicyclic amines) is 1. The molecule has 3 fully saturated rings. The highest BCUT2D eigenvalue weighted by Crippen LogP contribution is 2.40. The zero-order valence-electron chi connectivity index (χ0n) is 20.7. The van der Waals surface area contributed by atoms with Crippen molar-refractivity contribution < 1.29 is 23.6 Å². The molecule has 0 radical (unpaired) electrons. The number of carbonyl (C=O) groups is 2. The number of piperidine rings is 1. The summed E-state index contributed by atoms with van der Waals surface area (Å²) in [7, 11) is 0. The molecule has 2 aromatic rings. The van der Waals surface area contributed by atoms with Crippen LogP contribution < -0.4 is 0 Å². The van der Waals surface area contributed by atoms with Gasteiger partial charge < -0.3 is 14.1 Å². The van der Waals surface area contributed by atoms with Crippen LogP contribution in [0.25, 0.3) is 0 Å². The second-order valence-corrected chi connectivity index (χ2v) is 10.7. The molecule has 3 aliphatic rings. The van der Waals surface area contributed by atoms with Crippen molar-refractivity contribution in [1.29, 1.82) is 0 Å². The molecular formula is C25H33N5O5. The van der Waals surface area contributed by atoms with Gasteiger partial charge in [0.05, 0.1) is 6.04 Å². The van der Waals surface area contributed by atoms with E-state index >= 15 is 0 Å². The maximum absolute atomic E-state index is 13.1. The quantitative estimate of drug-likeness (QED) is 0.619. The van der Waals surface area contributed by atoms with Crippen molar-refractivity contribution in [1.82, 2.24) is 25.1 Å². The SMILES string of the molecule is C[C@H]1C[C@H](c2nnc([C@@H]3CC[C@@H]4CN3C(=O)N4OCc3ccccc3)o2)N(C(=O)OC(C)(C)C)C1. The number of hydroxylamine groups is 2. The number of aromatic nitrogens is 2. The third-order valence-corrected chi connectivity index (χ3v) is 6.70. The van der Waals surface area contributed by atoms with Crippen LogP contribution in [0.3, 0.4) is 0 Å². The monoisotopic (exact) mass is 483 g/mol. The molecule has 1 aromatic heterocycles. The summed E-state index contributed by atoms with van der Waals surface area (Å²) in [5.41, 5.74) is 0.423. The molecule has 3 amide bonds. The van der Waals surface area contributed by atoms with Gasteiger partial charge in [0.25, 0.3) is 0 Å². The van der Waals surface area contributed by atoms with E-state index in [1.165, 1.54) is 5.06 Å². The topological polar surface area (TPSA) is 101 Å². The number of carbonyl (C=O) groups excluding carboxylic acids is 2. The summed E-state index contributed by atoms with van der Waals surface area (Å²) < 4.78 is 11.7. The van der Waals surface area contributed by atoms with Gasteiger partial charge in [-0.05, 0) is 51.5 Å². The van der Waals surface area contributed by atoms with Crippen LogP contribution in [-0.2, 0) is 16.2 Å². The molecule has 3 aliphatic heterocycles. The molecule has 0 spiro atoms. The number of amides is 3. The van der Waals surface area contributed by atoms with Crippen molar-refractivity contribution >= 4 is 12.1 Å². The second kappa shape index (κ2) is 9.14. The normalized spacial score (nSPS) is 26.5. The molecule has 0 unspecified atom stereocenters. The molecular weight excluding hydrogens is 450 g/mol. The predicted molar refractivity (Wildman–Crippen MR) is 125 cm³/mol.